The molecule has 3 atom stereocenters. The number of anilines is 2. The van der Waals surface area contributed by atoms with Crippen molar-refractivity contribution in [3.05, 3.63) is 199 Å². The maximum atomic E-state index is 13.5. The number of aryl methyl sites for hydroxylation is 6. The lowest BCUT2D eigenvalue weighted by molar-refractivity contribution is -0.167. The minimum absolute atomic E-state index is 0.261. The molecule has 4 fully saturated rings. The molecule has 8 heterocycles. The fourth-order valence-corrected chi connectivity index (χ4v) is 23.8. The van der Waals surface area contributed by atoms with Crippen molar-refractivity contribution in [2.75, 3.05) is 49.2 Å². The summed E-state index contributed by atoms with van der Waals surface area (Å²) in [4.78, 5) is 59.8. The molecule has 682 valence electrons. The van der Waals surface area contributed by atoms with Gasteiger partial charge in [0, 0.05) is 139 Å². The van der Waals surface area contributed by atoms with Crippen molar-refractivity contribution in [1.29, 1.82) is 0 Å². The van der Waals surface area contributed by atoms with Crippen LogP contribution < -0.4 is 9.80 Å². The summed E-state index contributed by atoms with van der Waals surface area (Å²) in [5, 5.41) is 32.7. The number of halogens is 4. The average molecular weight is 1940 g/mol. The number of carboxylic acids is 1. The predicted molar refractivity (Wildman–Crippen MR) is 538 cm³/mol. The second kappa shape index (κ2) is 36.9. The summed E-state index contributed by atoms with van der Waals surface area (Å²) in [7, 11) is 5.97. The minimum atomic E-state index is -1.15. The summed E-state index contributed by atoms with van der Waals surface area (Å²) in [6, 6.07) is 48.3. The molecule has 20 nitrogen and oxygen atoms in total. The number of nitrogens with zero attached hydrogens (tertiary/aromatic N) is 11. The third-order valence-corrected chi connectivity index (χ3v) is 30.1. The van der Waals surface area contributed by atoms with Gasteiger partial charge in [-0.2, -0.15) is 15.3 Å². The summed E-state index contributed by atoms with van der Waals surface area (Å²) in [6.45, 7) is 31.8. The van der Waals surface area contributed by atoms with Crippen molar-refractivity contribution in [1.82, 2.24) is 44.3 Å². The zero-order chi connectivity index (χ0) is 92.8. The van der Waals surface area contributed by atoms with Crippen LogP contribution in [0.3, 0.4) is 0 Å². The maximum Gasteiger partial charge on any atom is 0.339 e. The van der Waals surface area contributed by atoms with Gasteiger partial charge >= 0.3 is 17.9 Å². The number of carboxylic acid groups (broad SMARTS) is 1. The molecule has 2 aliphatic carbocycles. The number of benzene rings is 9. The quantitative estimate of drug-likeness (QED) is 0.0745. The minimum Gasteiger partial charge on any atom is -0.479 e. The number of aromatic nitrogens is 9. The number of hydrogen-bond donors (Lipinski definition) is 1. The number of hydrogen-bond acceptors (Lipinski definition) is 19. The van der Waals surface area contributed by atoms with Crippen molar-refractivity contribution >= 4 is 178 Å². The standard InChI is InChI=1S/C38H43ClN4O3S.C36H39ClN4O3S.C30H29BrClN3O3S/c1-7-45-36(44)32(46-37(3,4)5)30-23(2)19-28-33(31(30)24-11-14-26(39)15-12-24)47-35(40-28)25-13-16-29-27(20-25)34(41-42(29)6)43-21-38(22-43)17-9-8-10-18-38;1-21-17-26-31(29(22-9-12-24(37)13-10-22)28(21)30(34(42)43)44-35(2,3)4)45-33(38-26)23-11-14-27-25(18-23)32(39-40(27)5)41-19-36(20-41)15-7-6-8-16-36;1-7-37-29(36)25(38-30(3,4)5)23-16(2)14-21-26(24(23)17-8-11-19(32)12-9-17)39-28(33-21)18-10-13-22-20(15-18)27(31)34-35(22)6/h11-16,19-20,32H,7-10,17-18,21-22H2,1-6H3;9-14,17-18,30H,6-8,15-16,19-20H2,1-5H3,(H,42,43);8-15,25H,7H2,1-6H3/t32-;30-;25-/m000/s1. The van der Waals surface area contributed by atoms with E-state index in [9.17, 15) is 19.5 Å². The first kappa shape index (κ1) is 93.1. The normalized spacial score (nSPS) is 15.8. The monoisotopic (exact) mass is 1940 g/mol. The van der Waals surface area contributed by atoms with E-state index in [1.807, 2.05) is 210 Å². The summed E-state index contributed by atoms with van der Waals surface area (Å²) in [5.41, 5.74) is 18.2. The first-order chi connectivity index (χ1) is 62.3. The molecule has 0 bridgehead atoms. The van der Waals surface area contributed by atoms with E-state index in [0.29, 0.717) is 31.5 Å². The molecule has 27 heteroatoms. The predicted octanol–water partition coefficient (Wildman–Crippen LogP) is 27.5. The van der Waals surface area contributed by atoms with Gasteiger partial charge in [0.15, 0.2) is 29.9 Å². The van der Waals surface area contributed by atoms with Gasteiger partial charge in [0.05, 0.1) is 77.2 Å². The van der Waals surface area contributed by atoms with Gasteiger partial charge in [-0.25, -0.2) is 29.3 Å². The Hall–Kier alpha value is -9.70. The lowest BCUT2D eigenvalue weighted by atomic mass is 9.68. The van der Waals surface area contributed by atoms with E-state index < -0.39 is 53.0 Å². The van der Waals surface area contributed by atoms with Crippen LogP contribution in [0.2, 0.25) is 15.1 Å². The number of thiazole rings is 3. The van der Waals surface area contributed by atoms with Crippen LogP contribution in [0.25, 0.3) is 128 Å². The van der Waals surface area contributed by atoms with Crippen molar-refractivity contribution < 1.29 is 43.2 Å². The average Bonchev–Trinajstić information content (AvgIpc) is 1.59. The van der Waals surface area contributed by atoms with E-state index in [-0.39, 0.29) is 13.2 Å². The fraction of sp³-hybridized carbons (Fsp3) is 0.394. The second-order valence-electron chi connectivity index (χ2n) is 38.6. The first-order valence-corrected chi connectivity index (χ1v) is 49.5. The lowest BCUT2D eigenvalue weighted by Crippen LogP contribution is -2.57. The number of ether oxygens (including phenoxy) is 5. The van der Waals surface area contributed by atoms with Gasteiger partial charge in [-0.3, -0.25) is 14.0 Å². The van der Waals surface area contributed by atoms with E-state index in [1.54, 1.807) is 40.9 Å². The Morgan fingerprint density at radius 3 is 1.02 bits per heavy atom. The van der Waals surface area contributed by atoms with E-state index in [1.165, 1.54) is 64.2 Å². The molecule has 2 spiro atoms. The number of carbonyl (C=O) groups excluding carboxylic acids is 2. The lowest BCUT2D eigenvalue weighted by Gasteiger charge is -2.52. The molecule has 131 heavy (non-hydrogen) atoms. The van der Waals surface area contributed by atoms with Crippen LogP contribution >= 0.6 is 84.7 Å². The van der Waals surface area contributed by atoms with Crippen LogP contribution in [0.5, 0.6) is 0 Å². The molecule has 2 saturated heterocycles. The fourth-order valence-electron chi connectivity index (χ4n) is 19.6. The highest BCUT2D eigenvalue weighted by Crippen LogP contribution is 2.53. The topological polar surface area (TPSA) is 216 Å². The molecule has 0 amide bonds. The van der Waals surface area contributed by atoms with Crippen LogP contribution in [0.4, 0.5) is 11.6 Å². The molecule has 1 N–H and O–H groups in total. The van der Waals surface area contributed by atoms with Crippen LogP contribution in [-0.4, -0.2) is 124 Å². The van der Waals surface area contributed by atoms with Crippen LogP contribution in [0.1, 0.15) is 192 Å². The van der Waals surface area contributed by atoms with E-state index in [0.717, 1.165) is 199 Å². The van der Waals surface area contributed by atoms with Crippen molar-refractivity contribution in [3.63, 3.8) is 0 Å². The molecular formula is C104H111BrCl3N11O9S3. The molecule has 2 saturated carbocycles. The highest BCUT2D eigenvalue weighted by atomic mass is 79.9. The second-order valence-corrected chi connectivity index (χ2v) is 43.6. The van der Waals surface area contributed by atoms with Gasteiger partial charge in [-0.05, 0) is 281 Å². The van der Waals surface area contributed by atoms with Crippen molar-refractivity contribution in [2.45, 2.75) is 196 Å². The molecule has 4 aliphatic rings. The zero-order valence-corrected chi connectivity index (χ0v) is 83.6. The number of fused-ring (bicyclic) bond motifs is 6. The van der Waals surface area contributed by atoms with Crippen molar-refractivity contribution in [3.8, 4) is 65.1 Å². The molecule has 9 aromatic carbocycles. The summed E-state index contributed by atoms with van der Waals surface area (Å²) in [6.07, 6.45) is 10.5. The smallest absolute Gasteiger partial charge is 0.339 e. The van der Waals surface area contributed by atoms with Gasteiger partial charge in [-0.15, -0.1) is 34.0 Å². The Balaban J connectivity index is 0.000000138. The molecule has 2 aliphatic heterocycles. The SMILES string of the molecule is CCOC(=O)[C@@H](OC(C)(C)C)c1c(C)cc2nc(-c3ccc4c(c3)c(Br)nn4C)sc2c1-c1ccc(Cl)cc1.CCOC(=O)[C@@H](OC(C)(C)C)c1c(C)cc2nc(-c3ccc4c(c3)c(N3CC5(CCCCC5)C3)nn4C)sc2c1-c1ccc(Cl)cc1.Cc1cc2nc(-c3ccc4c(c3)c(N3CC5(CCCCC5)C3)nn4C)sc2c(-c2ccc(Cl)cc2)c1[C@H](OC(C)(C)C)C(=O)O. The number of carbonyl (C=O) groups is 3. The highest BCUT2D eigenvalue weighted by Gasteiger charge is 2.47. The van der Waals surface area contributed by atoms with Gasteiger partial charge < -0.3 is 38.6 Å². The number of esters is 2. The molecular weight excluding hydrogens is 1830 g/mol. The molecule has 19 rings (SSSR count). The molecule has 0 unspecified atom stereocenters. The Kier molecular flexibility index (Phi) is 26.3. The Labute approximate surface area is 800 Å². The summed E-state index contributed by atoms with van der Waals surface area (Å²) < 4.78 is 39.6. The summed E-state index contributed by atoms with van der Waals surface area (Å²) >= 11 is 27.2. The van der Waals surface area contributed by atoms with Gasteiger partial charge in [-0.1, -0.05) is 110 Å². The third-order valence-electron chi connectivity index (χ3n) is 25.3. The summed E-state index contributed by atoms with van der Waals surface area (Å²) in [5.74, 6) is 0.276. The van der Waals surface area contributed by atoms with E-state index in [4.69, 9.17) is 83.6 Å². The van der Waals surface area contributed by atoms with Crippen LogP contribution in [0.15, 0.2) is 150 Å². The van der Waals surface area contributed by atoms with Gasteiger partial charge in [0.2, 0.25) is 0 Å². The molecule has 0 radical (unpaired) electrons. The van der Waals surface area contributed by atoms with Crippen LogP contribution in [0, 0.1) is 31.6 Å². The van der Waals surface area contributed by atoms with Crippen LogP contribution in [-0.2, 0) is 59.2 Å². The third kappa shape index (κ3) is 19.2. The van der Waals surface area contributed by atoms with Gasteiger partial charge in [0.25, 0.3) is 0 Å². The highest BCUT2D eigenvalue weighted by molar-refractivity contribution is 9.10. The Morgan fingerprint density at radius 2 is 0.710 bits per heavy atom. The molecule has 6 aromatic heterocycles. The van der Waals surface area contributed by atoms with Gasteiger partial charge in [0.1, 0.15) is 19.6 Å². The van der Waals surface area contributed by atoms with E-state index in [2.05, 4.69) is 91.5 Å². The number of rotatable bonds is 19. The maximum absolute atomic E-state index is 13.5. The Morgan fingerprint density at radius 1 is 0.420 bits per heavy atom. The largest absolute Gasteiger partial charge is 0.479 e. The zero-order valence-electron chi connectivity index (χ0n) is 77.3. The van der Waals surface area contributed by atoms with Crippen molar-refractivity contribution in [2.24, 2.45) is 32.0 Å². The van der Waals surface area contributed by atoms with E-state index >= 15 is 0 Å². The molecule has 15 aromatic rings. The Bertz CT molecular complexity index is 6890. The first-order valence-electron chi connectivity index (χ1n) is 45.1. The number of aliphatic carboxylic acids is 1.